The standard InChI is InChI=1S/C17H16O5/c1-20-12-4-5-13(15(19)8-12)11-7-10-3-6-14(18)17(21-2)16(10)22-9-11/h3-8,18-19H,9H2,1-2H3. The van der Waals surface area contributed by atoms with Crippen LogP contribution in [0.25, 0.3) is 11.6 Å². The van der Waals surface area contributed by atoms with E-state index in [4.69, 9.17) is 14.2 Å². The molecule has 114 valence electrons. The summed E-state index contributed by atoms with van der Waals surface area (Å²) < 4.78 is 16.0. The van der Waals surface area contributed by atoms with Crippen LogP contribution < -0.4 is 14.2 Å². The highest BCUT2D eigenvalue weighted by Crippen LogP contribution is 2.44. The summed E-state index contributed by atoms with van der Waals surface area (Å²) in [7, 11) is 3.03. The van der Waals surface area contributed by atoms with Crippen molar-refractivity contribution in [2.75, 3.05) is 20.8 Å². The summed E-state index contributed by atoms with van der Waals surface area (Å²) >= 11 is 0. The van der Waals surface area contributed by atoms with E-state index in [1.807, 2.05) is 6.08 Å². The predicted octanol–water partition coefficient (Wildman–Crippen LogP) is 3.05. The Labute approximate surface area is 128 Å². The van der Waals surface area contributed by atoms with Crippen LogP contribution in [0.4, 0.5) is 0 Å². The third kappa shape index (κ3) is 2.30. The topological polar surface area (TPSA) is 68.2 Å². The number of hydrogen-bond donors (Lipinski definition) is 2. The minimum atomic E-state index is 0.0328. The Balaban J connectivity index is 2.05. The van der Waals surface area contributed by atoms with Crippen LogP contribution >= 0.6 is 0 Å². The quantitative estimate of drug-likeness (QED) is 0.912. The lowest BCUT2D eigenvalue weighted by atomic mass is 9.99. The number of ether oxygens (including phenoxy) is 3. The molecule has 5 nitrogen and oxygen atoms in total. The van der Waals surface area contributed by atoms with E-state index in [-0.39, 0.29) is 18.1 Å². The number of hydrogen-bond acceptors (Lipinski definition) is 5. The fraction of sp³-hybridized carbons (Fsp3) is 0.176. The van der Waals surface area contributed by atoms with E-state index >= 15 is 0 Å². The Morgan fingerprint density at radius 3 is 2.50 bits per heavy atom. The largest absolute Gasteiger partial charge is 0.507 e. The number of rotatable bonds is 3. The number of phenolic OH excluding ortho intramolecular Hbond substituents is 2. The van der Waals surface area contributed by atoms with Gasteiger partial charge >= 0.3 is 0 Å². The van der Waals surface area contributed by atoms with Crippen molar-refractivity contribution in [1.29, 1.82) is 0 Å². The molecule has 0 spiro atoms. The van der Waals surface area contributed by atoms with Gasteiger partial charge in [-0.3, -0.25) is 0 Å². The van der Waals surface area contributed by atoms with Crippen molar-refractivity contribution in [2.24, 2.45) is 0 Å². The summed E-state index contributed by atoms with van der Waals surface area (Å²) in [6.45, 7) is 0.271. The highest BCUT2D eigenvalue weighted by Gasteiger charge is 2.21. The molecule has 0 saturated carbocycles. The summed E-state index contributed by atoms with van der Waals surface area (Å²) in [5.41, 5.74) is 2.30. The molecule has 0 saturated heterocycles. The van der Waals surface area contributed by atoms with Crippen LogP contribution in [-0.2, 0) is 0 Å². The second-order valence-corrected chi connectivity index (χ2v) is 4.88. The van der Waals surface area contributed by atoms with E-state index in [2.05, 4.69) is 0 Å². The number of phenols is 2. The van der Waals surface area contributed by atoms with Crippen molar-refractivity contribution in [2.45, 2.75) is 0 Å². The van der Waals surface area contributed by atoms with Gasteiger partial charge in [0.05, 0.1) is 14.2 Å². The molecule has 0 unspecified atom stereocenters. The number of benzene rings is 2. The van der Waals surface area contributed by atoms with E-state index in [0.29, 0.717) is 22.8 Å². The third-order valence-corrected chi connectivity index (χ3v) is 3.58. The summed E-state index contributed by atoms with van der Waals surface area (Å²) in [4.78, 5) is 0. The molecular weight excluding hydrogens is 284 g/mol. The van der Waals surface area contributed by atoms with Crippen molar-refractivity contribution in [3.05, 3.63) is 41.5 Å². The Hall–Kier alpha value is -2.82. The van der Waals surface area contributed by atoms with Crippen LogP contribution in [0.1, 0.15) is 11.1 Å². The van der Waals surface area contributed by atoms with E-state index in [1.165, 1.54) is 7.11 Å². The Morgan fingerprint density at radius 1 is 1.00 bits per heavy atom. The van der Waals surface area contributed by atoms with Gasteiger partial charge in [0.25, 0.3) is 0 Å². The molecule has 0 amide bonds. The van der Waals surface area contributed by atoms with Crippen molar-refractivity contribution in [3.8, 4) is 28.7 Å². The average molecular weight is 300 g/mol. The second kappa shape index (κ2) is 5.52. The Morgan fingerprint density at radius 2 is 1.82 bits per heavy atom. The molecule has 1 aliphatic heterocycles. The lowest BCUT2D eigenvalue weighted by molar-refractivity contribution is 0.313. The smallest absolute Gasteiger partial charge is 0.203 e. The van der Waals surface area contributed by atoms with Gasteiger partial charge in [-0.05, 0) is 30.3 Å². The van der Waals surface area contributed by atoms with Crippen LogP contribution in [0.3, 0.4) is 0 Å². The first-order chi connectivity index (χ1) is 10.6. The molecule has 22 heavy (non-hydrogen) atoms. The van der Waals surface area contributed by atoms with Crippen molar-refractivity contribution in [3.63, 3.8) is 0 Å². The first kappa shape index (κ1) is 14.1. The molecule has 0 atom stereocenters. The average Bonchev–Trinajstić information content (AvgIpc) is 2.54. The Kier molecular flexibility index (Phi) is 3.55. The molecular formula is C17H16O5. The normalized spacial score (nSPS) is 12.9. The van der Waals surface area contributed by atoms with Crippen LogP contribution in [0, 0.1) is 0 Å². The minimum Gasteiger partial charge on any atom is -0.507 e. The number of aromatic hydroxyl groups is 2. The van der Waals surface area contributed by atoms with E-state index < -0.39 is 0 Å². The van der Waals surface area contributed by atoms with Gasteiger partial charge in [-0.25, -0.2) is 0 Å². The molecule has 0 fully saturated rings. The van der Waals surface area contributed by atoms with Crippen LogP contribution in [-0.4, -0.2) is 31.0 Å². The van der Waals surface area contributed by atoms with E-state index in [1.54, 1.807) is 37.4 Å². The highest BCUT2D eigenvalue weighted by atomic mass is 16.5. The predicted molar refractivity (Wildman–Crippen MR) is 82.7 cm³/mol. The molecule has 1 aliphatic rings. The zero-order chi connectivity index (χ0) is 15.7. The summed E-state index contributed by atoms with van der Waals surface area (Å²) in [5.74, 6) is 1.56. The molecule has 0 radical (unpaired) electrons. The highest BCUT2D eigenvalue weighted by molar-refractivity contribution is 5.89. The summed E-state index contributed by atoms with van der Waals surface area (Å²) in [6.07, 6.45) is 1.91. The molecule has 1 heterocycles. The molecule has 0 aromatic heterocycles. The van der Waals surface area contributed by atoms with Gasteiger partial charge in [-0.1, -0.05) is 0 Å². The summed E-state index contributed by atoms with van der Waals surface area (Å²) in [6, 6.07) is 8.42. The maximum atomic E-state index is 10.1. The molecule has 5 heteroatoms. The zero-order valence-electron chi connectivity index (χ0n) is 12.3. The van der Waals surface area contributed by atoms with Crippen molar-refractivity contribution < 1.29 is 24.4 Å². The molecule has 2 N–H and O–H groups in total. The van der Waals surface area contributed by atoms with E-state index in [0.717, 1.165) is 11.1 Å². The van der Waals surface area contributed by atoms with Gasteiger partial charge in [0, 0.05) is 22.8 Å². The van der Waals surface area contributed by atoms with Gasteiger partial charge < -0.3 is 24.4 Å². The maximum absolute atomic E-state index is 10.1. The third-order valence-electron chi connectivity index (χ3n) is 3.58. The summed E-state index contributed by atoms with van der Waals surface area (Å²) in [5, 5.41) is 19.9. The van der Waals surface area contributed by atoms with Crippen LogP contribution in [0.15, 0.2) is 30.3 Å². The molecule has 2 aromatic rings. The van der Waals surface area contributed by atoms with Crippen molar-refractivity contribution in [1.82, 2.24) is 0 Å². The fourth-order valence-electron chi connectivity index (χ4n) is 2.47. The second-order valence-electron chi connectivity index (χ2n) is 4.88. The van der Waals surface area contributed by atoms with Crippen LogP contribution in [0.2, 0.25) is 0 Å². The monoisotopic (exact) mass is 300 g/mol. The van der Waals surface area contributed by atoms with Gasteiger partial charge in [-0.2, -0.15) is 0 Å². The molecule has 0 bridgehead atoms. The van der Waals surface area contributed by atoms with Crippen LogP contribution in [0.5, 0.6) is 28.7 Å². The first-order valence-corrected chi connectivity index (χ1v) is 6.74. The number of methoxy groups -OCH3 is 2. The zero-order valence-corrected chi connectivity index (χ0v) is 12.3. The first-order valence-electron chi connectivity index (χ1n) is 6.74. The lowest BCUT2D eigenvalue weighted by Gasteiger charge is -2.21. The van der Waals surface area contributed by atoms with Gasteiger partial charge in [0.2, 0.25) is 5.75 Å². The maximum Gasteiger partial charge on any atom is 0.203 e. The molecule has 0 aliphatic carbocycles. The molecule has 3 rings (SSSR count). The number of fused-ring (bicyclic) bond motifs is 1. The van der Waals surface area contributed by atoms with Gasteiger partial charge in [0.15, 0.2) is 11.5 Å². The van der Waals surface area contributed by atoms with Gasteiger partial charge in [0.1, 0.15) is 18.1 Å². The van der Waals surface area contributed by atoms with E-state index in [9.17, 15) is 10.2 Å². The lowest BCUT2D eigenvalue weighted by Crippen LogP contribution is -2.08. The SMILES string of the molecule is COc1ccc(C2=Cc3ccc(O)c(OC)c3OC2)c(O)c1. The Bertz CT molecular complexity index is 749. The van der Waals surface area contributed by atoms with Gasteiger partial charge in [-0.15, -0.1) is 0 Å². The molecule has 2 aromatic carbocycles. The minimum absolute atomic E-state index is 0.0328. The fourth-order valence-corrected chi connectivity index (χ4v) is 2.47. The van der Waals surface area contributed by atoms with Crippen molar-refractivity contribution >= 4 is 11.6 Å².